The van der Waals surface area contributed by atoms with Crippen LogP contribution in [0, 0.1) is 0 Å². The van der Waals surface area contributed by atoms with Crippen LogP contribution in [0.3, 0.4) is 0 Å². The molecular weight excluding hydrogens is 274 g/mol. The second-order valence-corrected chi connectivity index (χ2v) is 5.68. The van der Waals surface area contributed by atoms with Crippen LogP contribution in [0.2, 0.25) is 0 Å². The number of ether oxygens (including phenoxy) is 1. The second kappa shape index (κ2) is 9.63. The minimum atomic E-state index is 0.373. The molecule has 1 heterocycles. The average molecular weight is 299 g/mol. The van der Waals surface area contributed by atoms with Crippen LogP contribution in [-0.2, 0) is 0 Å². The van der Waals surface area contributed by atoms with E-state index in [-0.39, 0.29) is 0 Å². The van der Waals surface area contributed by atoms with E-state index in [2.05, 4.69) is 45.7 Å². The minimum absolute atomic E-state index is 0.373. The molecule has 0 saturated heterocycles. The highest BCUT2D eigenvalue weighted by Crippen LogP contribution is 2.13. The molecule has 1 rings (SSSR count). The SMILES string of the molecule is CCCOc1nc(NCC)nc(NCCC(C)SC)n1. The molecule has 1 aromatic rings. The van der Waals surface area contributed by atoms with E-state index in [1.54, 1.807) is 0 Å². The summed E-state index contributed by atoms with van der Waals surface area (Å²) in [7, 11) is 0. The van der Waals surface area contributed by atoms with E-state index in [0.29, 0.717) is 29.8 Å². The number of anilines is 2. The Morgan fingerprint density at radius 1 is 1.15 bits per heavy atom. The van der Waals surface area contributed by atoms with Gasteiger partial charge < -0.3 is 15.4 Å². The van der Waals surface area contributed by atoms with Gasteiger partial charge in [-0.25, -0.2) is 0 Å². The van der Waals surface area contributed by atoms with Gasteiger partial charge in [0, 0.05) is 18.3 Å². The average Bonchev–Trinajstić information content (AvgIpc) is 2.45. The van der Waals surface area contributed by atoms with E-state index in [0.717, 1.165) is 25.9 Å². The van der Waals surface area contributed by atoms with E-state index in [1.807, 2.05) is 18.7 Å². The maximum atomic E-state index is 5.49. The summed E-state index contributed by atoms with van der Waals surface area (Å²) in [5.41, 5.74) is 0. The lowest BCUT2D eigenvalue weighted by Crippen LogP contribution is -2.13. The number of nitrogens with one attached hydrogen (secondary N) is 2. The lowest BCUT2D eigenvalue weighted by atomic mass is 10.3. The summed E-state index contributed by atoms with van der Waals surface area (Å²) in [6, 6.07) is 0.373. The van der Waals surface area contributed by atoms with Crippen LogP contribution >= 0.6 is 11.8 Å². The monoisotopic (exact) mass is 299 g/mol. The predicted octanol–water partition coefficient (Wildman–Crippen LogP) is 2.65. The van der Waals surface area contributed by atoms with Crippen molar-refractivity contribution in [3.8, 4) is 6.01 Å². The van der Waals surface area contributed by atoms with E-state index in [4.69, 9.17) is 4.74 Å². The minimum Gasteiger partial charge on any atom is -0.463 e. The summed E-state index contributed by atoms with van der Waals surface area (Å²) in [6.45, 7) is 8.47. The van der Waals surface area contributed by atoms with Crippen molar-refractivity contribution in [2.45, 2.75) is 38.9 Å². The second-order valence-electron chi connectivity index (χ2n) is 4.41. The molecule has 0 amide bonds. The Morgan fingerprint density at radius 2 is 1.85 bits per heavy atom. The molecule has 1 aromatic heterocycles. The fraction of sp³-hybridized carbons (Fsp3) is 0.769. The van der Waals surface area contributed by atoms with Gasteiger partial charge in [0.25, 0.3) is 0 Å². The molecular formula is C13H25N5OS. The molecule has 1 atom stereocenters. The van der Waals surface area contributed by atoms with Crippen LogP contribution in [0.25, 0.3) is 0 Å². The smallest absolute Gasteiger partial charge is 0.323 e. The number of rotatable bonds is 10. The van der Waals surface area contributed by atoms with Crippen molar-refractivity contribution >= 4 is 23.7 Å². The van der Waals surface area contributed by atoms with Crippen LogP contribution in [0.5, 0.6) is 6.01 Å². The maximum Gasteiger partial charge on any atom is 0.323 e. The summed E-state index contributed by atoms with van der Waals surface area (Å²) in [6.07, 6.45) is 4.11. The van der Waals surface area contributed by atoms with Crippen molar-refractivity contribution in [3.05, 3.63) is 0 Å². The van der Waals surface area contributed by atoms with Gasteiger partial charge in [-0.15, -0.1) is 0 Å². The first-order valence-electron chi connectivity index (χ1n) is 7.09. The molecule has 2 N–H and O–H groups in total. The van der Waals surface area contributed by atoms with E-state index >= 15 is 0 Å². The maximum absolute atomic E-state index is 5.49. The summed E-state index contributed by atoms with van der Waals surface area (Å²) < 4.78 is 5.49. The molecule has 0 aliphatic heterocycles. The Hall–Kier alpha value is -1.24. The topological polar surface area (TPSA) is 72.0 Å². The molecule has 114 valence electrons. The van der Waals surface area contributed by atoms with Gasteiger partial charge in [0.1, 0.15) is 0 Å². The highest BCUT2D eigenvalue weighted by Gasteiger charge is 2.07. The van der Waals surface area contributed by atoms with Crippen molar-refractivity contribution in [2.24, 2.45) is 0 Å². The Morgan fingerprint density at radius 3 is 2.45 bits per heavy atom. The molecule has 0 fully saturated rings. The number of hydrogen-bond donors (Lipinski definition) is 2. The van der Waals surface area contributed by atoms with Gasteiger partial charge in [0.15, 0.2) is 0 Å². The first kappa shape index (κ1) is 16.8. The third-order valence-corrected chi connectivity index (χ3v) is 3.66. The van der Waals surface area contributed by atoms with Gasteiger partial charge in [-0.05, 0) is 26.0 Å². The number of hydrogen-bond acceptors (Lipinski definition) is 7. The molecule has 6 nitrogen and oxygen atoms in total. The van der Waals surface area contributed by atoms with Gasteiger partial charge in [0.2, 0.25) is 11.9 Å². The molecule has 0 spiro atoms. The van der Waals surface area contributed by atoms with Crippen molar-refractivity contribution < 1.29 is 4.74 Å². The predicted molar refractivity (Wildman–Crippen MR) is 85.9 cm³/mol. The van der Waals surface area contributed by atoms with Gasteiger partial charge in [-0.1, -0.05) is 13.8 Å². The molecule has 7 heteroatoms. The van der Waals surface area contributed by atoms with Crippen LogP contribution in [0.1, 0.15) is 33.6 Å². The Bertz CT molecular complexity index is 391. The van der Waals surface area contributed by atoms with Crippen molar-refractivity contribution in [3.63, 3.8) is 0 Å². The molecule has 0 aliphatic carbocycles. The van der Waals surface area contributed by atoms with Crippen LogP contribution < -0.4 is 15.4 Å². The highest BCUT2D eigenvalue weighted by molar-refractivity contribution is 7.99. The number of aromatic nitrogens is 3. The summed E-state index contributed by atoms with van der Waals surface area (Å²) in [4.78, 5) is 12.8. The Labute approximate surface area is 125 Å². The first-order valence-corrected chi connectivity index (χ1v) is 8.37. The van der Waals surface area contributed by atoms with Gasteiger partial charge in [-0.2, -0.15) is 26.7 Å². The molecule has 0 aliphatic rings. The number of nitrogens with zero attached hydrogens (tertiary/aromatic N) is 3. The zero-order chi connectivity index (χ0) is 14.8. The van der Waals surface area contributed by atoms with E-state index < -0.39 is 0 Å². The van der Waals surface area contributed by atoms with Crippen molar-refractivity contribution in [1.29, 1.82) is 0 Å². The van der Waals surface area contributed by atoms with E-state index in [9.17, 15) is 0 Å². The Balaban J connectivity index is 2.64. The highest BCUT2D eigenvalue weighted by atomic mass is 32.2. The Kier molecular flexibility index (Phi) is 8.10. The largest absolute Gasteiger partial charge is 0.463 e. The van der Waals surface area contributed by atoms with Crippen LogP contribution in [0.15, 0.2) is 0 Å². The summed E-state index contributed by atoms with van der Waals surface area (Å²) in [5.74, 6) is 1.12. The summed E-state index contributed by atoms with van der Waals surface area (Å²) in [5, 5.41) is 6.94. The van der Waals surface area contributed by atoms with Crippen LogP contribution in [0.4, 0.5) is 11.9 Å². The van der Waals surface area contributed by atoms with Crippen LogP contribution in [-0.4, -0.2) is 46.2 Å². The zero-order valence-corrected chi connectivity index (χ0v) is 13.6. The molecule has 0 bridgehead atoms. The third-order valence-electron chi connectivity index (χ3n) is 2.62. The quantitative estimate of drug-likeness (QED) is 0.688. The fourth-order valence-electron chi connectivity index (χ4n) is 1.44. The molecule has 0 radical (unpaired) electrons. The summed E-state index contributed by atoms with van der Waals surface area (Å²) >= 11 is 1.86. The number of thioether (sulfide) groups is 1. The first-order chi connectivity index (χ1) is 9.69. The standard InChI is InChI=1S/C13H25N5OS/c1-5-9-19-13-17-11(14-6-2)16-12(18-13)15-8-7-10(3)20-4/h10H,5-9H2,1-4H3,(H2,14,15,16,17,18). The van der Waals surface area contributed by atoms with Gasteiger partial charge in [0.05, 0.1) is 6.61 Å². The molecule has 20 heavy (non-hydrogen) atoms. The molecule has 0 aromatic carbocycles. The molecule has 0 saturated carbocycles. The van der Waals surface area contributed by atoms with Crippen molar-refractivity contribution in [1.82, 2.24) is 15.0 Å². The van der Waals surface area contributed by atoms with Gasteiger partial charge in [-0.3, -0.25) is 0 Å². The van der Waals surface area contributed by atoms with Gasteiger partial charge >= 0.3 is 6.01 Å². The third kappa shape index (κ3) is 6.27. The van der Waals surface area contributed by atoms with Crippen molar-refractivity contribution in [2.75, 3.05) is 36.6 Å². The van der Waals surface area contributed by atoms with E-state index in [1.165, 1.54) is 0 Å². The lowest BCUT2D eigenvalue weighted by Gasteiger charge is -2.11. The lowest BCUT2D eigenvalue weighted by molar-refractivity contribution is 0.292. The fourth-order valence-corrected chi connectivity index (χ4v) is 1.79. The zero-order valence-electron chi connectivity index (χ0n) is 12.8. The normalized spacial score (nSPS) is 12.0. The molecule has 1 unspecified atom stereocenters.